The summed E-state index contributed by atoms with van der Waals surface area (Å²) in [4.78, 5) is 3.29. The molecule has 0 spiro atoms. The van der Waals surface area contributed by atoms with Gasteiger partial charge in [0.1, 0.15) is 5.82 Å². The van der Waals surface area contributed by atoms with Crippen molar-refractivity contribution in [1.82, 2.24) is 4.98 Å². The minimum absolute atomic E-state index is 0.271. The molecule has 0 amide bonds. The number of H-pyrrole nitrogens is 1. The van der Waals surface area contributed by atoms with E-state index in [1.54, 1.807) is 6.07 Å². The molecule has 20 heavy (non-hydrogen) atoms. The first kappa shape index (κ1) is 12.8. The summed E-state index contributed by atoms with van der Waals surface area (Å²) in [5.74, 6) is 0.223. The normalized spacial score (nSPS) is 10.6. The molecule has 0 saturated heterocycles. The number of fused-ring (bicyclic) bond motifs is 1. The van der Waals surface area contributed by atoms with E-state index in [2.05, 4.69) is 4.98 Å². The smallest absolute Gasteiger partial charge is 0.127 e. The zero-order valence-electron chi connectivity index (χ0n) is 10.6. The van der Waals surface area contributed by atoms with Gasteiger partial charge in [-0.15, -0.1) is 11.8 Å². The van der Waals surface area contributed by atoms with Crippen LogP contribution < -0.4 is 0 Å². The van der Waals surface area contributed by atoms with E-state index in [0.717, 1.165) is 15.9 Å². The summed E-state index contributed by atoms with van der Waals surface area (Å²) in [6, 6.07) is 16.5. The molecule has 0 aliphatic carbocycles. The third-order valence-corrected chi connectivity index (χ3v) is 4.05. The zero-order valence-corrected chi connectivity index (χ0v) is 11.4. The van der Waals surface area contributed by atoms with Gasteiger partial charge in [0.15, 0.2) is 0 Å². The van der Waals surface area contributed by atoms with Gasteiger partial charge in [-0.25, -0.2) is 4.39 Å². The number of nitriles is 1. The van der Waals surface area contributed by atoms with Crippen molar-refractivity contribution >= 4 is 22.7 Å². The van der Waals surface area contributed by atoms with Crippen molar-refractivity contribution in [2.24, 2.45) is 0 Å². The van der Waals surface area contributed by atoms with Gasteiger partial charge in [0.25, 0.3) is 0 Å². The van der Waals surface area contributed by atoms with Gasteiger partial charge in [-0.05, 0) is 35.9 Å². The molecule has 0 atom stereocenters. The molecule has 2 nitrogen and oxygen atoms in total. The highest BCUT2D eigenvalue weighted by Crippen LogP contribution is 2.27. The van der Waals surface area contributed by atoms with Crippen LogP contribution >= 0.6 is 11.8 Å². The Bertz CT molecular complexity index is 769. The van der Waals surface area contributed by atoms with Gasteiger partial charge in [0.05, 0.1) is 16.7 Å². The van der Waals surface area contributed by atoms with Crippen LogP contribution in [-0.4, -0.2) is 4.98 Å². The number of benzene rings is 2. The third-order valence-electron chi connectivity index (χ3n) is 3.06. The zero-order chi connectivity index (χ0) is 13.9. The number of thioether (sulfide) groups is 1. The molecule has 0 aliphatic rings. The summed E-state index contributed by atoms with van der Waals surface area (Å²) in [5.41, 5.74) is 2.10. The van der Waals surface area contributed by atoms with E-state index in [0.29, 0.717) is 16.9 Å². The van der Waals surface area contributed by atoms with E-state index in [4.69, 9.17) is 5.26 Å². The number of aromatic amines is 1. The molecule has 0 unspecified atom stereocenters. The predicted molar refractivity (Wildman–Crippen MR) is 79.0 cm³/mol. The fourth-order valence-electron chi connectivity index (χ4n) is 2.03. The first-order valence-electron chi connectivity index (χ1n) is 6.15. The fourth-order valence-corrected chi connectivity index (χ4v) is 2.96. The average Bonchev–Trinajstić information content (AvgIpc) is 2.89. The monoisotopic (exact) mass is 282 g/mol. The minimum Gasteiger partial charge on any atom is -0.350 e. The molecule has 98 valence electrons. The molecule has 3 aromatic rings. The number of para-hydroxylation sites is 1. The average molecular weight is 282 g/mol. The second-order valence-electron chi connectivity index (χ2n) is 4.43. The summed E-state index contributed by atoms with van der Waals surface area (Å²) in [6.45, 7) is 0. The number of nitrogens with one attached hydrogen (secondary N) is 1. The van der Waals surface area contributed by atoms with Crippen LogP contribution in [0.15, 0.2) is 53.6 Å². The van der Waals surface area contributed by atoms with Crippen LogP contribution in [-0.2, 0) is 5.75 Å². The van der Waals surface area contributed by atoms with Crippen LogP contribution in [0, 0.1) is 17.1 Å². The third kappa shape index (κ3) is 2.54. The van der Waals surface area contributed by atoms with Gasteiger partial charge < -0.3 is 4.98 Å². The van der Waals surface area contributed by atoms with Crippen molar-refractivity contribution in [3.8, 4) is 6.07 Å². The molecule has 4 heteroatoms. The molecule has 3 rings (SSSR count). The van der Waals surface area contributed by atoms with Gasteiger partial charge in [-0.3, -0.25) is 0 Å². The number of halogens is 1. The van der Waals surface area contributed by atoms with E-state index in [9.17, 15) is 4.39 Å². The van der Waals surface area contributed by atoms with Crippen molar-refractivity contribution in [3.05, 3.63) is 65.5 Å². The van der Waals surface area contributed by atoms with Crippen molar-refractivity contribution in [2.75, 3.05) is 0 Å². The Hall–Kier alpha value is -2.25. The SMILES string of the molecule is N#Cc1ccc(F)c(CSc2cc3ccccc3[nH]2)c1. The van der Waals surface area contributed by atoms with Crippen molar-refractivity contribution in [2.45, 2.75) is 10.8 Å². The van der Waals surface area contributed by atoms with Crippen LogP contribution in [0.4, 0.5) is 4.39 Å². The Morgan fingerprint density at radius 1 is 1.15 bits per heavy atom. The van der Waals surface area contributed by atoms with Gasteiger partial charge in [-0.1, -0.05) is 18.2 Å². The highest BCUT2D eigenvalue weighted by atomic mass is 32.2. The van der Waals surface area contributed by atoms with E-state index in [1.807, 2.05) is 36.4 Å². The van der Waals surface area contributed by atoms with Crippen molar-refractivity contribution < 1.29 is 4.39 Å². The number of aromatic nitrogens is 1. The lowest BCUT2D eigenvalue weighted by Crippen LogP contribution is -1.89. The molecule has 0 aliphatic heterocycles. The number of hydrogen-bond acceptors (Lipinski definition) is 2. The van der Waals surface area contributed by atoms with Gasteiger partial charge >= 0.3 is 0 Å². The molecular weight excluding hydrogens is 271 g/mol. The van der Waals surface area contributed by atoms with Crippen molar-refractivity contribution in [3.63, 3.8) is 0 Å². The summed E-state index contributed by atoms with van der Waals surface area (Å²) >= 11 is 1.53. The second-order valence-corrected chi connectivity index (χ2v) is 5.44. The van der Waals surface area contributed by atoms with E-state index in [-0.39, 0.29) is 5.82 Å². The largest absolute Gasteiger partial charge is 0.350 e. The van der Waals surface area contributed by atoms with Gasteiger partial charge in [0, 0.05) is 16.7 Å². The maximum Gasteiger partial charge on any atom is 0.127 e. The molecule has 1 aromatic heterocycles. The maximum absolute atomic E-state index is 13.7. The van der Waals surface area contributed by atoms with Crippen molar-refractivity contribution in [1.29, 1.82) is 5.26 Å². The maximum atomic E-state index is 13.7. The van der Waals surface area contributed by atoms with Crippen LogP contribution in [0.25, 0.3) is 10.9 Å². The Morgan fingerprint density at radius 2 is 2.00 bits per heavy atom. The Balaban J connectivity index is 1.81. The Kier molecular flexibility index (Phi) is 3.44. The number of rotatable bonds is 3. The molecule has 0 bridgehead atoms. The predicted octanol–water partition coefficient (Wildman–Crippen LogP) is 4.47. The standard InChI is InChI=1S/C16H11FN2S/c17-14-6-5-11(9-18)7-13(14)10-20-16-8-12-3-1-2-4-15(12)19-16/h1-8,19H,10H2. The van der Waals surface area contributed by atoms with Crippen LogP contribution in [0.1, 0.15) is 11.1 Å². The highest BCUT2D eigenvalue weighted by Gasteiger charge is 2.06. The van der Waals surface area contributed by atoms with E-state index < -0.39 is 0 Å². The highest BCUT2D eigenvalue weighted by molar-refractivity contribution is 7.98. The lowest BCUT2D eigenvalue weighted by Gasteiger charge is -2.02. The summed E-state index contributed by atoms with van der Waals surface area (Å²) in [7, 11) is 0. The van der Waals surface area contributed by atoms with Crippen LogP contribution in [0.5, 0.6) is 0 Å². The molecule has 2 aromatic carbocycles. The van der Waals surface area contributed by atoms with E-state index >= 15 is 0 Å². The van der Waals surface area contributed by atoms with Gasteiger partial charge in [0.2, 0.25) is 0 Å². The molecule has 0 radical (unpaired) electrons. The molecule has 1 N–H and O–H groups in total. The molecule has 0 fully saturated rings. The lowest BCUT2D eigenvalue weighted by atomic mass is 10.1. The summed E-state index contributed by atoms with van der Waals surface area (Å²) in [5, 5.41) is 11.0. The summed E-state index contributed by atoms with van der Waals surface area (Å²) < 4.78 is 13.7. The molecular formula is C16H11FN2S. The van der Waals surface area contributed by atoms with E-state index in [1.165, 1.54) is 23.9 Å². The molecule has 0 saturated carbocycles. The second kappa shape index (κ2) is 5.40. The van der Waals surface area contributed by atoms with Gasteiger partial charge in [-0.2, -0.15) is 5.26 Å². The lowest BCUT2D eigenvalue weighted by molar-refractivity contribution is 0.617. The number of hydrogen-bond donors (Lipinski definition) is 1. The topological polar surface area (TPSA) is 39.6 Å². The van der Waals surface area contributed by atoms with Crippen LogP contribution in [0.2, 0.25) is 0 Å². The Morgan fingerprint density at radius 3 is 2.80 bits per heavy atom. The summed E-state index contributed by atoms with van der Waals surface area (Å²) in [6.07, 6.45) is 0. The first-order chi connectivity index (χ1) is 9.76. The van der Waals surface area contributed by atoms with Crippen LogP contribution in [0.3, 0.4) is 0 Å². The number of nitrogens with zero attached hydrogens (tertiary/aromatic N) is 1. The molecule has 1 heterocycles. The Labute approximate surface area is 120 Å². The first-order valence-corrected chi connectivity index (χ1v) is 7.14. The minimum atomic E-state index is -0.271. The quantitative estimate of drug-likeness (QED) is 0.720. The fraction of sp³-hybridized carbons (Fsp3) is 0.0625.